The zero-order valence-electron chi connectivity index (χ0n) is 8.03. The lowest BCUT2D eigenvalue weighted by atomic mass is 10.1. The van der Waals surface area contributed by atoms with Crippen LogP contribution in [-0.2, 0) is 0 Å². The van der Waals surface area contributed by atoms with E-state index in [-0.39, 0.29) is 0 Å². The van der Waals surface area contributed by atoms with Gasteiger partial charge in [0.25, 0.3) is 0 Å². The Kier molecular flexibility index (Phi) is 1.54. The van der Waals surface area contributed by atoms with Crippen molar-refractivity contribution in [2.45, 2.75) is 18.8 Å². The van der Waals surface area contributed by atoms with Crippen LogP contribution in [-0.4, -0.2) is 16.8 Å². The van der Waals surface area contributed by atoms with Crippen LogP contribution in [0.5, 0.6) is 0 Å². The van der Waals surface area contributed by atoms with Gasteiger partial charge in [-0.2, -0.15) is 4.73 Å². The van der Waals surface area contributed by atoms with Crippen molar-refractivity contribution in [1.29, 1.82) is 0 Å². The molecule has 3 rings (SSSR count). The van der Waals surface area contributed by atoms with Crippen LogP contribution in [0, 0.1) is 6.33 Å². The van der Waals surface area contributed by atoms with E-state index in [1.165, 1.54) is 18.4 Å². The van der Waals surface area contributed by atoms with Gasteiger partial charge in [-0.1, -0.05) is 6.07 Å². The first-order valence-corrected chi connectivity index (χ1v) is 4.83. The van der Waals surface area contributed by atoms with E-state index in [1.807, 2.05) is 6.07 Å². The summed E-state index contributed by atoms with van der Waals surface area (Å²) in [5.74, 6) is 0.764. The van der Waals surface area contributed by atoms with Crippen LogP contribution in [0.2, 0.25) is 0 Å². The molecule has 3 heteroatoms. The molecule has 3 nitrogen and oxygen atoms in total. The average molecular weight is 187 g/mol. The Hall–Kier alpha value is -1.51. The maximum absolute atomic E-state index is 5.12. The fourth-order valence-corrected chi connectivity index (χ4v) is 1.76. The van der Waals surface area contributed by atoms with Gasteiger partial charge in [0.15, 0.2) is 0 Å². The molecule has 0 bridgehead atoms. The van der Waals surface area contributed by atoms with Gasteiger partial charge in [-0.3, -0.25) is 0 Å². The molecule has 0 saturated heterocycles. The molecule has 0 amide bonds. The van der Waals surface area contributed by atoms with Gasteiger partial charge in [0.2, 0.25) is 6.33 Å². The minimum atomic E-state index is 0.764. The molecule has 1 fully saturated rings. The second-order valence-corrected chi connectivity index (χ2v) is 3.71. The molecule has 0 spiro atoms. The molecule has 1 aliphatic rings. The van der Waals surface area contributed by atoms with E-state index < -0.39 is 0 Å². The Morgan fingerprint density at radius 1 is 1.50 bits per heavy atom. The molecule has 1 radical (unpaired) electrons. The standard InChI is InChI=1S/C11H11N2O/c1-14-13-7-12-10-5-4-9(6-11(10)13)8-2-3-8/h4-6,8H,2-3H2,1H3. The maximum Gasteiger partial charge on any atom is 0.216 e. The normalized spacial score (nSPS) is 16.1. The Balaban J connectivity index is 2.18. The highest BCUT2D eigenvalue weighted by molar-refractivity contribution is 5.75. The molecule has 0 unspecified atom stereocenters. The molecule has 1 aromatic carbocycles. The fraction of sp³-hybridized carbons (Fsp3) is 0.364. The summed E-state index contributed by atoms with van der Waals surface area (Å²) in [6.07, 6.45) is 5.43. The summed E-state index contributed by atoms with van der Waals surface area (Å²) in [6.45, 7) is 0. The Labute approximate surface area is 82.3 Å². The average Bonchev–Trinajstić information content (AvgIpc) is 2.98. The van der Waals surface area contributed by atoms with Gasteiger partial charge in [0.1, 0.15) is 12.6 Å². The zero-order chi connectivity index (χ0) is 9.54. The van der Waals surface area contributed by atoms with E-state index in [1.54, 1.807) is 11.8 Å². The largest absolute Gasteiger partial charge is 0.415 e. The predicted molar refractivity (Wildman–Crippen MR) is 53.0 cm³/mol. The predicted octanol–water partition coefficient (Wildman–Crippen LogP) is 1.77. The van der Waals surface area contributed by atoms with Crippen LogP contribution in [0.4, 0.5) is 0 Å². The highest BCUT2D eigenvalue weighted by Gasteiger charge is 2.23. The summed E-state index contributed by atoms with van der Waals surface area (Å²) in [6, 6.07) is 6.34. The van der Waals surface area contributed by atoms with E-state index in [9.17, 15) is 0 Å². The number of aromatic nitrogens is 2. The van der Waals surface area contributed by atoms with Gasteiger partial charge < -0.3 is 4.84 Å². The number of hydrogen-bond acceptors (Lipinski definition) is 2. The summed E-state index contributed by atoms with van der Waals surface area (Å²) in [7, 11) is 1.63. The van der Waals surface area contributed by atoms with Gasteiger partial charge in [-0.15, -0.1) is 0 Å². The molecule has 71 valence electrons. The summed E-state index contributed by atoms with van der Waals surface area (Å²) < 4.78 is 1.58. The molecule has 1 aliphatic carbocycles. The van der Waals surface area contributed by atoms with E-state index in [0.29, 0.717) is 0 Å². The van der Waals surface area contributed by atoms with Crippen LogP contribution in [0.25, 0.3) is 11.0 Å². The van der Waals surface area contributed by atoms with E-state index >= 15 is 0 Å². The van der Waals surface area contributed by atoms with Crippen molar-refractivity contribution in [2.24, 2.45) is 0 Å². The van der Waals surface area contributed by atoms with Crippen molar-refractivity contribution in [3.63, 3.8) is 0 Å². The van der Waals surface area contributed by atoms with Gasteiger partial charge in [-0.05, 0) is 36.5 Å². The molecule has 0 N–H and O–H groups in total. The lowest BCUT2D eigenvalue weighted by Crippen LogP contribution is -2.03. The molecule has 0 aliphatic heterocycles. The lowest BCUT2D eigenvalue weighted by Gasteiger charge is -2.01. The molecular weight excluding hydrogens is 176 g/mol. The van der Waals surface area contributed by atoms with Gasteiger partial charge in [-0.25, -0.2) is 4.98 Å². The Morgan fingerprint density at radius 2 is 2.36 bits per heavy atom. The van der Waals surface area contributed by atoms with E-state index in [0.717, 1.165) is 17.0 Å². The zero-order valence-corrected chi connectivity index (χ0v) is 8.03. The SMILES string of the molecule is COn1[c]nc2ccc(C3CC3)cc21. The minimum Gasteiger partial charge on any atom is -0.415 e. The first kappa shape index (κ1) is 7.85. The molecule has 1 heterocycles. The number of imidazole rings is 1. The summed E-state index contributed by atoms with van der Waals surface area (Å²) in [5.41, 5.74) is 3.35. The first-order chi connectivity index (χ1) is 6.88. The third-order valence-electron chi connectivity index (χ3n) is 2.71. The topological polar surface area (TPSA) is 27.1 Å². The summed E-state index contributed by atoms with van der Waals surface area (Å²) in [4.78, 5) is 9.24. The van der Waals surface area contributed by atoms with E-state index in [2.05, 4.69) is 23.4 Å². The van der Waals surface area contributed by atoms with Crippen molar-refractivity contribution in [3.8, 4) is 0 Å². The highest BCUT2D eigenvalue weighted by atomic mass is 16.6. The number of fused-ring (bicyclic) bond motifs is 1. The number of hydrogen-bond donors (Lipinski definition) is 0. The second kappa shape index (κ2) is 2.74. The lowest BCUT2D eigenvalue weighted by molar-refractivity contribution is 0.175. The van der Waals surface area contributed by atoms with Gasteiger partial charge in [0, 0.05) is 0 Å². The van der Waals surface area contributed by atoms with Crippen LogP contribution < -0.4 is 4.84 Å². The Morgan fingerprint density at radius 3 is 3.07 bits per heavy atom. The van der Waals surface area contributed by atoms with Crippen LogP contribution in [0.15, 0.2) is 18.2 Å². The third-order valence-corrected chi connectivity index (χ3v) is 2.71. The first-order valence-electron chi connectivity index (χ1n) is 4.83. The van der Waals surface area contributed by atoms with Crippen molar-refractivity contribution in [2.75, 3.05) is 7.11 Å². The monoisotopic (exact) mass is 187 g/mol. The van der Waals surface area contributed by atoms with Crippen molar-refractivity contribution < 1.29 is 4.84 Å². The fourth-order valence-electron chi connectivity index (χ4n) is 1.76. The van der Waals surface area contributed by atoms with Crippen LogP contribution >= 0.6 is 0 Å². The van der Waals surface area contributed by atoms with Crippen molar-refractivity contribution in [3.05, 3.63) is 30.1 Å². The Bertz CT molecular complexity index is 471. The quantitative estimate of drug-likeness (QED) is 0.716. The summed E-state index contributed by atoms with van der Waals surface area (Å²) in [5, 5.41) is 0. The van der Waals surface area contributed by atoms with Gasteiger partial charge in [0.05, 0.1) is 5.52 Å². The molecule has 2 aromatic rings. The second-order valence-electron chi connectivity index (χ2n) is 3.71. The molecular formula is C11H11N2O. The maximum atomic E-state index is 5.12. The van der Waals surface area contributed by atoms with Crippen LogP contribution in [0.1, 0.15) is 24.3 Å². The number of benzene rings is 1. The molecule has 1 aromatic heterocycles. The van der Waals surface area contributed by atoms with Gasteiger partial charge >= 0.3 is 0 Å². The van der Waals surface area contributed by atoms with Crippen molar-refractivity contribution in [1.82, 2.24) is 9.71 Å². The van der Waals surface area contributed by atoms with Crippen molar-refractivity contribution >= 4 is 11.0 Å². The number of nitrogens with zero attached hydrogens (tertiary/aromatic N) is 2. The van der Waals surface area contributed by atoms with Crippen LogP contribution in [0.3, 0.4) is 0 Å². The summed E-state index contributed by atoms with van der Waals surface area (Å²) >= 11 is 0. The molecule has 14 heavy (non-hydrogen) atoms. The van der Waals surface area contributed by atoms with E-state index in [4.69, 9.17) is 4.84 Å². The third kappa shape index (κ3) is 1.09. The molecule has 0 atom stereocenters. The highest BCUT2D eigenvalue weighted by Crippen LogP contribution is 2.40. The minimum absolute atomic E-state index is 0.764. The molecule has 1 saturated carbocycles. The number of rotatable bonds is 2. The smallest absolute Gasteiger partial charge is 0.216 e.